The third kappa shape index (κ3) is 1.60. The van der Waals surface area contributed by atoms with Crippen molar-refractivity contribution in [2.75, 3.05) is 0 Å². The molecule has 3 heteroatoms. The van der Waals surface area contributed by atoms with Gasteiger partial charge in [0.2, 0.25) is 0 Å². The molecule has 25 heavy (non-hydrogen) atoms. The van der Waals surface area contributed by atoms with Gasteiger partial charge < -0.3 is 0 Å². The zero-order valence-corrected chi connectivity index (χ0v) is 15.3. The first-order valence-corrected chi connectivity index (χ1v) is 9.18. The van der Waals surface area contributed by atoms with Gasteiger partial charge in [0.1, 0.15) is 0 Å². The first kappa shape index (κ1) is 15.0. The van der Waals surface area contributed by atoms with Gasteiger partial charge in [0.25, 0.3) is 5.56 Å². The smallest absolute Gasteiger partial charge is 0.275 e. The van der Waals surface area contributed by atoms with Gasteiger partial charge in [-0.3, -0.25) is 9.48 Å². The number of aromatic nitrogens is 2. The van der Waals surface area contributed by atoms with Crippen LogP contribution in [-0.2, 0) is 12.5 Å². The van der Waals surface area contributed by atoms with Gasteiger partial charge >= 0.3 is 0 Å². The second kappa shape index (κ2) is 4.46. The van der Waals surface area contributed by atoms with E-state index in [4.69, 9.17) is 0 Å². The molecule has 1 fully saturated rings. The highest BCUT2D eigenvalue weighted by atomic mass is 16.1. The quantitative estimate of drug-likeness (QED) is 0.644. The van der Waals surface area contributed by atoms with Crippen molar-refractivity contribution < 1.29 is 0 Å². The van der Waals surface area contributed by atoms with Crippen LogP contribution in [0.4, 0.5) is 0 Å². The molecule has 2 bridgehead atoms. The highest BCUT2D eigenvalue weighted by Gasteiger charge is 2.62. The number of benzene rings is 2. The third-order valence-corrected chi connectivity index (χ3v) is 7.38. The molecule has 0 amide bonds. The molecule has 3 nitrogen and oxygen atoms in total. The number of hydrogen-bond acceptors (Lipinski definition) is 1. The Morgan fingerprint density at radius 2 is 1.76 bits per heavy atom. The van der Waals surface area contributed by atoms with Crippen molar-refractivity contribution in [1.29, 1.82) is 0 Å². The highest BCUT2D eigenvalue weighted by molar-refractivity contribution is 5.84. The van der Waals surface area contributed by atoms with Crippen molar-refractivity contribution in [3.8, 4) is 5.69 Å². The Morgan fingerprint density at radius 1 is 1.04 bits per heavy atom. The van der Waals surface area contributed by atoms with Gasteiger partial charge in [-0.25, -0.2) is 4.68 Å². The van der Waals surface area contributed by atoms with Crippen LogP contribution in [0.5, 0.6) is 0 Å². The van der Waals surface area contributed by atoms with Crippen LogP contribution in [0.3, 0.4) is 0 Å². The van der Waals surface area contributed by atoms with Gasteiger partial charge in [-0.15, -0.1) is 0 Å². The number of rotatable bonds is 1. The van der Waals surface area contributed by atoms with Crippen LogP contribution in [0.25, 0.3) is 16.5 Å². The summed E-state index contributed by atoms with van der Waals surface area (Å²) in [6.07, 6.45) is 2.31. The van der Waals surface area contributed by atoms with E-state index in [1.807, 2.05) is 16.8 Å². The summed E-state index contributed by atoms with van der Waals surface area (Å²) < 4.78 is 4.01. The van der Waals surface area contributed by atoms with Gasteiger partial charge in [0, 0.05) is 18.0 Å². The maximum atomic E-state index is 13.4. The minimum atomic E-state index is 0.0863. The third-order valence-electron chi connectivity index (χ3n) is 7.38. The lowest BCUT2D eigenvalue weighted by Gasteiger charge is -2.36. The van der Waals surface area contributed by atoms with E-state index in [9.17, 15) is 4.79 Å². The molecular formula is C22H24N2O. The van der Waals surface area contributed by atoms with E-state index in [0.717, 1.165) is 17.7 Å². The summed E-state index contributed by atoms with van der Waals surface area (Å²) in [7, 11) is 2.05. The minimum Gasteiger partial charge on any atom is -0.284 e. The molecule has 0 saturated heterocycles. The van der Waals surface area contributed by atoms with E-state index in [1.165, 1.54) is 22.9 Å². The van der Waals surface area contributed by atoms with Crippen LogP contribution < -0.4 is 5.56 Å². The maximum Gasteiger partial charge on any atom is 0.275 e. The van der Waals surface area contributed by atoms with Crippen LogP contribution in [-0.4, -0.2) is 9.36 Å². The lowest BCUT2D eigenvalue weighted by Crippen LogP contribution is -2.35. The van der Waals surface area contributed by atoms with Crippen molar-refractivity contribution in [3.63, 3.8) is 0 Å². The summed E-state index contributed by atoms with van der Waals surface area (Å²) in [5.74, 6) is 0.382. The first-order valence-electron chi connectivity index (χ1n) is 9.18. The van der Waals surface area contributed by atoms with Crippen molar-refractivity contribution in [2.24, 2.45) is 12.5 Å². The summed E-state index contributed by atoms with van der Waals surface area (Å²) >= 11 is 0. The molecule has 0 N–H and O–H groups in total. The molecule has 2 unspecified atom stereocenters. The first-order chi connectivity index (χ1) is 11.9. The molecule has 0 aliphatic heterocycles. The normalized spacial score (nSPS) is 26.3. The van der Waals surface area contributed by atoms with Gasteiger partial charge in [0.05, 0.1) is 11.4 Å². The Kier molecular flexibility index (Phi) is 2.67. The molecule has 0 radical (unpaired) electrons. The Morgan fingerprint density at radius 3 is 2.48 bits per heavy atom. The predicted octanol–water partition coefficient (Wildman–Crippen LogP) is 4.50. The molecule has 3 aromatic rings. The van der Waals surface area contributed by atoms with Gasteiger partial charge in [-0.05, 0) is 47.1 Å². The molecule has 2 aromatic carbocycles. The Labute approximate surface area is 147 Å². The summed E-state index contributed by atoms with van der Waals surface area (Å²) in [6, 6.07) is 14.6. The molecular weight excluding hydrogens is 308 g/mol. The van der Waals surface area contributed by atoms with E-state index >= 15 is 0 Å². The molecule has 1 saturated carbocycles. The highest BCUT2D eigenvalue weighted by Crippen LogP contribution is 2.66. The summed E-state index contributed by atoms with van der Waals surface area (Å²) in [5.41, 5.74) is 3.71. The largest absolute Gasteiger partial charge is 0.284 e. The van der Waals surface area contributed by atoms with Gasteiger partial charge in [-0.2, -0.15) is 0 Å². The topological polar surface area (TPSA) is 26.9 Å². The van der Waals surface area contributed by atoms with Crippen molar-refractivity contribution in [1.82, 2.24) is 9.36 Å². The summed E-state index contributed by atoms with van der Waals surface area (Å²) in [5, 5.41) is 2.37. The summed E-state index contributed by atoms with van der Waals surface area (Å²) in [6.45, 7) is 7.03. The Bertz CT molecular complexity index is 1090. The fraction of sp³-hybridized carbons (Fsp3) is 0.409. The fourth-order valence-corrected chi connectivity index (χ4v) is 5.62. The van der Waals surface area contributed by atoms with Crippen LogP contribution in [0, 0.1) is 5.41 Å². The maximum absolute atomic E-state index is 13.4. The van der Waals surface area contributed by atoms with E-state index in [-0.39, 0.29) is 16.4 Å². The SMILES string of the molecule is Cn1c2c(c(=O)n1-c1ccc3ccccc3c1)C1CCC2(C)C1(C)C. The monoisotopic (exact) mass is 332 g/mol. The Balaban J connectivity index is 1.79. The fourth-order valence-electron chi connectivity index (χ4n) is 5.62. The van der Waals surface area contributed by atoms with Crippen LogP contribution in [0.15, 0.2) is 47.3 Å². The molecule has 2 aliphatic rings. The second-order valence-corrected chi connectivity index (χ2v) is 8.58. The molecule has 2 atom stereocenters. The molecule has 1 aromatic heterocycles. The standard InChI is InChI=1S/C22H24N2O/c1-21(2)17-11-12-22(21,3)19-18(17)20(25)24(23(19)4)16-10-9-14-7-5-6-8-15(14)13-16/h5-10,13,17H,11-12H2,1-4H3. The average molecular weight is 332 g/mol. The van der Waals surface area contributed by atoms with E-state index in [0.29, 0.717) is 5.92 Å². The molecule has 2 aliphatic carbocycles. The molecule has 128 valence electrons. The Hall–Kier alpha value is -2.29. The van der Waals surface area contributed by atoms with Gasteiger partial charge in [-0.1, -0.05) is 51.1 Å². The zero-order valence-electron chi connectivity index (χ0n) is 15.3. The molecule has 0 spiro atoms. The molecule has 1 heterocycles. The van der Waals surface area contributed by atoms with Crippen LogP contribution in [0.1, 0.15) is 50.8 Å². The predicted molar refractivity (Wildman–Crippen MR) is 102 cm³/mol. The minimum absolute atomic E-state index is 0.0863. The second-order valence-electron chi connectivity index (χ2n) is 8.58. The van der Waals surface area contributed by atoms with E-state index in [1.54, 1.807) is 0 Å². The van der Waals surface area contributed by atoms with Gasteiger partial charge in [0.15, 0.2) is 0 Å². The molecule has 5 rings (SSSR count). The van der Waals surface area contributed by atoms with Crippen molar-refractivity contribution in [3.05, 3.63) is 64.1 Å². The van der Waals surface area contributed by atoms with Crippen molar-refractivity contribution in [2.45, 2.75) is 44.9 Å². The van der Waals surface area contributed by atoms with E-state index < -0.39 is 0 Å². The van der Waals surface area contributed by atoms with Crippen LogP contribution >= 0.6 is 0 Å². The van der Waals surface area contributed by atoms with E-state index in [2.05, 4.69) is 62.8 Å². The number of hydrogen-bond donors (Lipinski definition) is 0. The lowest BCUT2D eigenvalue weighted by atomic mass is 9.70. The number of nitrogens with zero attached hydrogens (tertiary/aromatic N) is 2. The number of fused-ring (bicyclic) bond motifs is 6. The summed E-state index contributed by atoms with van der Waals surface area (Å²) in [4.78, 5) is 13.4. The average Bonchev–Trinajstić information content (AvgIpc) is 3.06. The lowest BCUT2D eigenvalue weighted by molar-refractivity contribution is 0.218. The van der Waals surface area contributed by atoms with Crippen LogP contribution in [0.2, 0.25) is 0 Å². The zero-order chi connectivity index (χ0) is 17.6. The van der Waals surface area contributed by atoms with Crippen molar-refractivity contribution >= 4 is 10.8 Å².